The lowest BCUT2D eigenvalue weighted by atomic mass is 10.1. The minimum atomic E-state index is -0.482. The number of aryl methyl sites for hydroxylation is 1. The number of hydrogen-bond acceptors (Lipinski definition) is 5. The molecule has 0 saturated heterocycles. The first kappa shape index (κ1) is 12.4. The van der Waals surface area contributed by atoms with Crippen LogP contribution in [0.25, 0.3) is 0 Å². The average molecular weight is 266 g/mol. The fourth-order valence-corrected chi connectivity index (χ4v) is 3.21. The Labute approximate surface area is 109 Å². The van der Waals surface area contributed by atoms with Crippen LogP contribution in [0.4, 0.5) is 5.69 Å². The van der Waals surface area contributed by atoms with Crippen LogP contribution in [0, 0.1) is 6.92 Å². The van der Waals surface area contributed by atoms with Crippen molar-refractivity contribution >= 4 is 28.8 Å². The van der Waals surface area contributed by atoms with Gasteiger partial charge in [-0.25, -0.2) is 4.98 Å². The number of nitrogen functional groups attached to an aromatic ring is 1. The molecule has 0 bridgehead atoms. The number of rotatable bonds is 4. The molecular weight excluding hydrogens is 252 g/mol. The number of nitrogens with two attached hydrogens (primary N) is 1. The van der Waals surface area contributed by atoms with E-state index in [2.05, 4.69) is 4.98 Å². The predicted molar refractivity (Wildman–Crippen MR) is 73.4 cm³/mol. The van der Waals surface area contributed by atoms with Crippen LogP contribution < -0.4 is 5.73 Å². The molecular formula is C12H14N2OS2. The molecule has 0 fully saturated rings. The van der Waals surface area contributed by atoms with Crippen molar-refractivity contribution in [1.29, 1.82) is 0 Å². The monoisotopic (exact) mass is 266 g/mol. The van der Waals surface area contributed by atoms with Gasteiger partial charge >= 0.3 is 0 Å². The van der Waals surface area contributed by atoms with Crippen molar-refractivity contribution in [2.75, 3.05) is 11.5 Å². The van der Waals surface area contributed by atoms with Crippen LogP contribution in [-0.2, 0) is 0 Å². The zero-order valence-corrected chi connectivity index (χ0v) is 11.1. The topological polar surface area (TPSA) is 59.1 Å². The number of thioether (sulfide) groups is 1. The second kappa shape index (κ2) is 5.53. The first-order valence-corrected chi connectivity index (χ1v) is 7.10. The van der Waals surface area contributed by atoms with Crippen molar-refractivity contribution in [1.82, 2.24) is 4.98 Å². The summed E-state index contributed by atoms with van der Waals surface area (Å²) in [5.41, 5.74) is 8.23. The second-order valence-electron chi connectivity index (χ2n) is 3.75. The first-order chi connectivity index (χ1) is 8.15. The Kier molecular flexibility index (Phi) is 4.04. The zero-order valence-electron chi connectivity index (χ0n) is 9.46. The van der Waals surface area contributed by atoms with Crippen LogP contribution in [0.5, 0.6) is 0 Å². The van der Waals surface area contributed by atoms with E-state index in [1.54, 1.807) is 35.2 Å². The number of anilines is 1. The van der Waals surface area contributed by atoms with E-state index < -0.39 is 6.10 Å². The molecule has 17 heavy (non-hydrogen) atoms. The number of thiazole rings is 1. The van der Waals surface area contributed by atoms with Crippen LogP contribution in [0.15, 0.2) is 34.0 Å². The maximum absolute atomic E-state index is 9.99. The highest BCUT2D eigenvalue weighted by molar-refractivity contribution is 8.01. The van der Waals surface area contributed by atoms with Gasteiger partial charge in [-0.3, -0.25) is 0 Å². The number of nitrogens with zero attached hydrogens (tertiary/aromatic N) is 1. The molecule has 2 aromatic rings. The summed E-state index contributed by atoms with van der Waals surface area (Å²) in [5, 5.41) is 12.0. The van der Waals surface area contributed by atoms with Gasteiger partial charge in [0.1, 0.15) is 4.34 Å². The molecule has 3 N–H and O–H groups in total. The summed E-state index contributed by atoms with van der Waals surface area (Å²) in [4.78, 5) is 4.34. The van der Waals surface area contributed by atoms with E-state index in [1.807, 2.05) is 24.4 Å². The molecule has 90 valence electrons. The van der Waals surface area contributed by atoms with E-state index in [0.717, 1.165) is 15.6 Å². The minimum absolute atomic E-state index is 0.482. The van der Waals surface area contributed by atoms with E-state index in [1.165, 1.54) is 0 Å². The lowest BCUT2D eigenvalue weighted by Gasteiger charge is -2.09. The van der Waals surface area contributed by atoms with Gasteiger partial charge in [-0.15, -0.1) is 11.3 Å². The molecule has 3 nitrogen and oxygen atoms in total. The Morgan fingerprint density at radius 2 is 2.12 bits per heavy atom. The standard InChI is InChI=1S/C12H14N2OS2/c1-8-6-16-12(14-8)17-7-11(15)9-2-4-10(13)5-3-9/h2-6,11,15H,7,13H2,1H3. The van der Waals surface area contributed by atoms with Gasteiger partial charge < -0.3 is 10.8 Å². The van der Waals surface area contributed by atoms with Crippen LogP contribution >= 0.6 is 23.1 Å². The normalized spacial score (nSPS) is 12.6. The predicted octanol–water partition coefficient (Wildman–Crippen LogP) is 2.86. The number of benzene rings is 1. The molecule has 5 heteroatoms. The summed E-state index contributed by atoms with van der Waals surface area (Å²) in [5.74, 6) is 0.608. The molecule has 0 aliphatic heterocycles. The van der Waals surface area contributed by atoms with Crippen LogP contribution in [0.1, 0.15) is 17.4 Å². The van der Waals surface area contributed by atoms with Gasteiger partial charge in [0, 0.05) is 22.5 Å². The van der Waals surface area contributed by atoms with Crippen molar-refractivity contribution < 1.29 is 5.11 Å². The molecule has 1 atom stereocenters. The molecule has 0 aliphatic rings. The Bertz CT molecular complexity index is 482. The Morgan fingerprint density at radius 3 is 2.71 bits per heavy atom. The highest BCUT2D eigenvalue weighted by Gasteiger charge is 2.09. The summed E-state index contributed by atoms with van der Waals surface area (Å²) in [7, 11) is 0. The Hall–Kier alpha value is -1.04. The number of aromatic nitrogens is 1. The van der Waals surface area contributed by atoms with Crippen molar-refractivity contribution in [2.24, 2.45) is 0 Å². The highest BCUT2D eigenvalue weighted by atomic mass is 32.2. The van der Waals surface area contributed by atoms with Crippen molar-refractivity contribution in [3.63, 3.8) is 0 Å². The van der Waals surface area contributed by atoms with Crippen LogP contribution in [0.3, 0.4) is 0 Å². The third-order valence-electron chi connectivity index (χ3n) is 2.28. The molecule has 0 aliphatic carbocycles. The molecule has 1 aromatic heterocycles. The smallest absolute Gasteiger partial charge is 0.150 e. The van der Waals surface area contributed by atoms with Gasteiger partial charge in [-0.2, -0.15) is 0 Å². The first-order valence-electron chi connectivity index (χ1n) is 5.23. The fraction of sp³-hybridized carbons (Fsp3) is 0.250. The lowest BCUT2D eigenvalue weighted by molar-refractivity contribution is 0.204. The number of aliphatic hydroxyl groups excluding tert-OH is 1. The number of aliphatic hydroxyl groups is 1. The number of hydrogen-bond donors (Lipinski definition) is 2. The average Bonchev–Trinajstić information content (AvgIpc) is 2.73. The van der Waals surface area contributed by atoms with Crippen molar-refractivity contribution in [3.8, 4) is 0 Å². The van der Waals surface area contributed by atoms with E-state index in [0.29, 0.717) is 11.4 Å². The summed E-state index contributed by atoms with van der Waals surface area (Å²) in [6.07, 6.45) is -0.482. The SMILES string of the molecule is Cc1csc(SCC(O)c2ccc(N)cc2)n1. The van der Waals surface area contributed by atoms with Crippen molar-refractivity contribution in [3.05, 3.63) is 40.9 Å². The van der Waals surface area contributed by atoms with Gasteiger partial charge in [-0.1, -0.05) is 23.9 Å². The lowest BCUT2D eigenvalue weighted by Crippen LogP contribution is -2.00. The summed E-state index contributed by atoms with van der Waals surface area (Å²) < 4.78 is 0.997. The van der Waals surface area contributed by atoms with Gasteiger partial charge in [0.15, 0.2) is 0 Å². The zero-order chi connectivity index (χ0) is 12.3. The molecule has 0 saturated carbocycles. The maximum Gasteiger partial charge on any atom is 0.150 e. The summed E-state index contributed by atoms with van der Waals surface area (Å²) in [6.45, 7) is 1.97. The molecule has 1 unspecified atom stereocenters. The molecule has 0 amide bonds. The molecule has 0 spiro atoms. The van der Waals surface area contributed by atoms with Gasteiger partial charge in [0.05, 0.1) is 6.10 Å². The van der Waals surface area contributed by atoms with E-state index in [-0.39, 0.29) is 0 Å². The summed E-state index contributed by atoms with van der Waals surface area (Å²) >= 11 is 3.18. The maximum atomic E-state index is 9.99. The third-order valence-corrected chi connectivity index (χ3v) is 4.50. The summed E-state index contributed by atoms with van der Waals surface area (Å²) in [6, 6.07) is 7.31. The van der Waals surface area contributed by atoms with E-state index in [9.17, 15) is 5.11 Å². The third kappa shape index (κ3) is 3.46. The fourth-order valence-electron chi connectivity index (χ4n) is 1.36. The minimum Gasteiger partial charge on any atom is -0.399 e. The van der Waals surface area contributed by atoms with Crippen molar-refractivity contribution in [2.45, 2.75) is 17.4 Å². The highest BCUT2D eigenvalue weighted by Crippen LogP contribution is 2.27. The molecule has 1 aromatic carbocycles. The quantitative estimate of drug-likeness (QED) is 0.660. The van der Waals surface area contributed by atoms with Gasteiger partial charge in [0.2, 0.25) is 0 Å². The van der Waals surface area contributed by atoms with E-state index in [4.69, 9.17) is 5.73 Å². The molecule has 0 radical (unpaired) electrons. The van der Waals surface area contributed by atoms with Crippen LogP contribution in [-0.4, -0.2) is 15.8 Å². The van der Waals surface area contributed by atoms with E-state index >= 15 is 0 Å². The largest absolute Gasteiger partial charge is 0.399 e. The molecule has 2 rings (SSSR count). The van der Waals surface area contributed by atoms with Gasteiger partial charge in [-0.05, 0) is 24.6 Å². The Morgan fingerprint density at radius 1 is 1.41 bits per heavy atom. The molecule has 1 heterocycles. The van der Waals surface area contributed by atoms with Gasteiger partial charge in [0.25, 0.3) is 0 Å². The van der Waals surface area contributed by atoms with Crippen LogP contribution in [0.2, 0.25) is 0 Å². The second-order valence-corrected chi connectivity index (χ2v) is 5.87. The Balaban J connectivity index is 1.93.